The summed E-state index contributed by atoms with van der Waals surface area (Å²) in [5, 5.41) is 8.45. The van der Waals surface area contributed by atoms with Crippen molar-refractivity contribution in [3.05, 3.63) is 27.2 Å². The van der Waals surface area contributed by atoms with Gasteiger partial charge in [-0.3, -0.25) is 4.72 Å². The van der Waals surface area contributed by atoms with E-state index in [2.05, 4.69) is 20.7 Å². The minimum Gasteiger partial charge on any atom is -0.395 e. The van der Waals surface area contributed by atoms with Crippen LogP contribution >= 0.6 is 27.5 Å². The van der Waals surface area contributed by atoms with E-state index in [4.69, 9.17) is 16.7 Å². The summed E-state index contributed by atoms with van der Waals surface area (Å²) >= 11 is 9.18. The van der Waals surface area contributed by atoms with Gasteiger partial charge in [0, 0.05) is 9.50 Å². The van der Waals surface area contributed by atoms with Gasteiger partial charge in [-0.2, -0.15) is 0 Å². The molecule has 0 fully saturated rings. The highest BCUT2D eigenvalue weighted by Crippen LogP contribution is 2.30. The average molecular weight is 343 g/mol. The van der Waals surface area contributed by atoms with Gasteiger partial charge in [0.15, 0.2) is 0 Å². The van der Waals surface area contributed by atoms with Crippen molar-refractivity contribution in [3.63, 3.8) is 0 Å². The van der Waals surface area contributed by atoms with Gasteiger partial charge in [0.25, 0.3) is 0 Å². The lowest BCUT2D eigenvalue weighted by Crippen LogP contribution is -2.28. The Morgan fingerprint density at radius 1 is 1.53 bits per heavy atom. The van der Waals surface area contributed by atoms with E-state index in [9.17, 15) is 8.42 Å². The summed E-state index contributed by atoms with van der Waals surface area (Å²) in [7, 11) is -3.60. The molecule has 1 aromatic carbocycles. The zero-order valence-corrected chi connectivity index (χ0v) is 12.5. The number of aliphatic hydroxyl groups excluding tert-OH is 1. The highest BCUT2D eigenvalue weighted by atomic mass is 79.9. The fourth-order valence-corrected chi connectivity index (χ4v) is 2.80. The van der Waals surface area contributed by atoms with Gasteiger partial charge < -0.3 is 5.11 Å². The van der Waals surface area contributed by atoms with Crippen LogP contribution < -0.4 is 4.72 Å². The number of hydrogen-bond acceptors (Lipinski definition) is 3. The summed E-state index contributed by atoms with van der Waals surface area (Å²) < 4.78 is 26.5. The van der Waals surface area contributed by atoms with Gasteiger partial charge >= 0.3 is 0 Å². The third kappa shape index (κ3) is 3.58. The van der Waals surface area contributed by atoms with Crippen LogP contribution in [0.3, 0.4) is 0 Å². The number of benzene rings is 1. The molecule has 0 radical (unpaired) electrons. The second-order valence-electron chi connectivity index (χ2n) is 3.72. The number of halogens is 2. The standard InChI is InChI=1S/C10H13BrClNO3S/c1-6-3-8(11)10(4-9(6)12)13-17(15,16)7(2)5-14/h3-4,7,13-14H,5H2,1-2H3. The smallest absolute Gasteiger partial charge is 0.237 e. The van der Waals surface area contributed by atoms with Crippen molar-refractivity contribution in [1.29, 1.82) is 0 Å². The average Bonchev–Trinajstić information content (AvgIpc) is 2.24. The molecule has 1 aromatic rings. The summed E-state index contributed by atoms with van der Waals surface area (Å²) in [6.07, 6.45) is 0. The number of aliphatic hydroxyl groups is 1. The first kappa shape index (κ1) is 14.8. The van der Waals surface area contributed by atoms with Gasteiger partial charge in [0.2, 0.25) is 10.0 Å². The molecule has 0 heterocycles. The topological polar surface area (TPSA) is 66.4 Å². The van der Waals surface area contributed by atoms with E-state index >= 15 is 0 Å². The minimum atomic E-state index is -3.60. The fraction of sp³-hybridized carbons (Fsp3) is 0.400. The van der Waals surface area contributed by atoms with Crippen molar-refractivity contribution in [1.82, 2.24) is 0 Å². The first-order chi connectivity index (χ1) is 7.77. The van der Waals surface area contributed by atoms with Crippen molar-refractivity contribution >= 4 is 43.2 Å². The van der Waals surface area contributed by atoms with E-state index in [1.807, 2.05) is 6.92 Å². The Balaban J connectivity index is 3.08. The van der Waals surface area contributed by atoms with Gasteiger partial charge in [-0.1, -0.05) is 11.6 Å². The van der Waals surface area contributed by atoms with E-state index in [1.54, 1.807) is 6.07 Å². The molecule has 0 aliphatic carbocycles. The van der Waals surface area contributed by atoms with Crippen molar-refractivity contribution < 1.29 is 13.5 Å². The maximum Gasteiger partial charge on any atom is 0.237 e. The Bertz CT molecular complexity index is 519. The summed E-state index contributed by atoms with van der Waals surface area (Å²) in [6, 6.07) is 3.26. The lowest BCUT2D eigenvalue weighted by molar-refractivity contribution is 0.296. The molecule has 1 unspecified atom stereocenters. The Hall–Kier alpha value is -0.300. The van der Waals surface area contributed by atoms with Crippen molar-refractivity contribution in [3.8, 4) is 0 Å². The first-order valence-corrected chi connectivity index (χ1v) is 7.57. The molecule has 0 amide bonds. The Morgan fingerprint density at radius 3 is 2.65 bits per heavy atom. The van der Waals surface area contributed by atoms with Crippen LogP contribution in [0.1, 0.15) is 12.5 Å². The number of sulfonamides is 1. The largest absolute Gasteiger partial charge is 0.395 e. The van der Waals surface area contributed by atoms with Gasteiger partial charge in [-0.05, 0) is 47.5 Å². The molecule has 0 aliphatic rings. The third-order valence-corrected chi connectivity index (χ3v) is 5.06. The van der Waals surface area contributed by atoms with E-state index in [-0.39, 0.29) is 0 Å². The molecular formula is C10H13BrClNO3S. The molecule has 0 aromatic heterocycles. The van der Waals surface area contributed by atoms with Crippen LogP contribution in [0.15, 0.2) is 16.6 Å². The zero-order valence-electron chi connectivity index (χ0n) is 9.37. The normalized spacial score (nSPS) is 13.5. The zero-order chi connectivity index (χ0) is 13.2. The van der Waals surface area contributed by atoms with Gasteiger partial charge in [-0.15, -0.1) is 0 Å². The maximum atomic E-state index is 11.7. The Labute approximate surface area is 114 Å². The lowest BCUT2D eigenvalue weighted by Gasteiger charge is -2.14. The van der Waals surface area contributed by atoms with Crippen LogP contribution in [0.5, 0.6) is 0 Å². The molecule has 2 N–H and O–H groups in total. The summed E-state index contributed by atoms with van der Waals surface area (Å²) in [6.45, 7) is 2.81. The predicted octanol–water partition coefficient (Wildman–Crippen LogP) is 2.53. The van der Waals surface area contributed by atoms with Crippen LogP contribution in [0.25, 0.3) is 0 Å². The molecule has 0 saturated carbocycles. The molecule has 1 atom stereocenters. The van der Waals surface area contributed by atoms with Crippen LogP contribution in [0.2, 0.25) is 5.02 Å². The number of nitrogens with one attached hydrogen (secondary N) is 1. The summed E-state index contributed by atoms with van der Waals surface area (Å²) in [5.41, 5.74) is 1.21. The molecule has 7 heteroatoms. The SMILES string of the molecule is Cc1cc(Br)c(NS(=O)(=O)C(C)CO)cc1Cl. The molecule has 17 heavy (non-hydrogen) atoms. The molecular weight excluding hydrogens is 330 g/mol. The van der Waals surface area contributed by atoms with Crippen LogP contribution in [0, 0.1) is 6.92 Å². The molecule has 96 valence electrons. The molecule has 0 aliphatic heterocycles. The van der Waals surface area contributed by atoms with Crippen LogP contribution in [-0.4, -0.2) is 25.4 Å². The van der Waals surface area contributed by atoms with E-state index in [1.165, 1.54) is 13.0 Å². The second-order valence-corrected chi connectivity index (χ2v) is 7.08. The number of hydrogen-bond donors (Lipinski definition) is 2. The highest BCUT2D eigenvalue weighted by molar-refractivity contribution is 9.10. The second kappa shape index (κ2) is 5.56. The maximum absolute atomic E-state index is 11.7. The quantitative estimate of drug-likeness (QED) is 0.883. The molecule has 1 rings (SSSR count). The minimum absolute atomic E-state index is 0.362. The molecule has 0 spiro atoms. The highest BCUT2D eigenvalue weighted by Gasteiger charge is 2.21. The van der Waals surface area contributed by atoms with Crippen molar-refractivity contribution in [2.45, 2.75) is 19.1 Å². The van der Waals surface area contributed by atoms with Gasteiger partial charge in [-0.25, -0.2) is 8.42 Å². The summed E-state index contributed by atoms with van der Waals surface area (Å²) in [4.78, 5) is 0. The molecule has 0 bridgehead atoms. The van der Waals surface area contributed by atoms with Crippen LogP contribution in [-0.2, 0) is 10.0 Å². The van der Waals surface area contributed by atoms with Gasteiger partial charge in [0.05, 0.1) is 12.3 Å². The monoisotopic (exact) mass is 341 g/mol. The number of anilines is 1. The van der Waals surface area contributed by atoms with Crippen molar-refractivity contribution in [2.24, 2.45) is 0 Å². The summed E-state index contributed by atoms with van der Waals surface area (Å²) in [5.74, 6) is 0. The third-order valence-electron chi connectivity index (χ3n) is 2.29. The number of rotatable bonds is 4. The van der Waals surface area contributed by atoms with Crippen molar-refractivity contribution in [2.75, 3.05) is 11.3 Å². The first-order valence-electron chi connectivity index (χ1n) is 4.86. The molecule has 0 saturated heterocycles. The fourth-order valence-electron chi connectivity index (χ4n) is 1.08. The van der Waals surface area contributed by atoms with Crippen LogP contribution in [0.4, 0.5) is 5.69 Å². The lowest BCUT2D eigenvalue weighted by atomic mass is 10.2. The van der Waals surface area contributed by atoms with E-state index in [0.717, 1.165) is 5.56 Å². The molecule has 4 nitrogen and oxygen atoms in total. The van der Waals surface area contributed by atoms with E-state index in [0.29, 0.717) is 15.2 Å². The Kier molecular flexibility index (Phi) is 4.83. The number of aryl methyl sites for hydroxylation is 1. The van der Waals surface area contributed by atoms with Gasteiger partial charge in [0.1, 0.15) is 5.25 Å². The van der Waals surface area contributed by atoms with E-state index < -0.39 is 21.9 Å². The Morgan fingerprint density at radius 2 is 2.12 bits per heavy atom. The predicted molar refractivity (Wildman–Crippen MR) is 73.0 cm³/mol.